The molecule has 1 rings (SSSR count). The number of hydrogen-bond acceptors (Lipinski definition) is 4. The summed E-state index contributed by atoms with van der Waals surface area (Å²) in [5.74, 6) is 0. The third-order valence-corrected chi connectivity index (χ3v) is 1.75. The van der Waals surface area contributed by atoms with Crippen molar-refractivity contribution in [1.29, 1.82) is 0 Å². The second kappa shape index (κ2) is 5.77. The first-order valence-corrected chi connectivity index (χ1v) is 4.38. The number of rotatable bonds is 4. The Morgan fingerprint density at radius 3 is 2.92 bits per heavy atom. The number of ether oxygens (including phenoxy) is 3. The maximum atomic E-state index is 9.94. The first-order chi connectivity index (χ1) is 6.29. The molecule has 5 nitrogen and oxygen atoms in total. The molecule has 0 saturated carbocycles. The zero-order chi connectivity index (χ0) is 9.52. The average Bonchev–Trinajstić information content (AvgIpc) is 2.14. The highest BCUT2D eigenvalue weighted by Crippen LogP contribution is 2.13. The quantitative estimate of drug-likeness (QED) is 0.533. The van der Waals surface area contributed by atoms with Crippen molar-refractivity contribution in [3.05, 3.63) is 0 Å². The van der Waals surface area contributed by atoms with Crippen LogP contribution in [0.25, 0.3) is 0 Å². The van der Waals surface area contributed by atoms with Gasteiger partial charge in [0.1, 0.15) is 6.61 Å². The number of hydrogen-bond donors (Lipinski definition) is 1. The fraction of sp³-hybridized carbons (Fsp3) is 0.875. The molecule has 13 heavy (non-hydrogen) atoms. The van der Waals surface area contributed by atoms with E-state index in [9.17, 15) is 4.79 Å². The van der Waals surface area contributed by atoms with E-state index < -0.39 is 6.16 Å². The average molecular weight is 190 g/mol. The molecule has 0 radical (unpaired) electrons. The van der Waals surface area contributed by atoms with Crippen LogP contribution in [0.3, 0.4) is 0 Å². The molecule has 0 spiro atoms. The largest absolute Gasteiger partial charge is 0.505 e. The van der Waals surface area contributed by atoms with Crippen molar-refractivity contribution < 1.29 is 24.1 Å². The molecule has 1 saturated heterocycles. The zero-order valence-electron chi connectivity index (χ0n) is 7.40. The Morgan fingerprint density at radius 1 is 1.46 bits per heavy atom. The summed E-state index contributed by atoms with van der Waals surface area (Å²) in [6.45, 7) is 1.05. The van der Waals surface area contributed by atoms with Crippen LogP contribution in [0.15, 0.2) is 0 Å². The van der Waals surface area contributed by atoms with Crippen LogP contribution in [0, 0.1) is 0 Å². The minimum atomic E-state index is -1.27. The van der Waals surface area contributed by atoms with E-state index in [0.29, 0.717) is 0 Å². The summed E-state index contributed by atoms with van der Waals surface area (Å²) in [7, 11) is 0. The van der Waals surface area contributed by atoms with Gasteiger partial charge in [-0.2, -0.15) is 0 Å². The van der Waals surface area contributed by atoms with E-state index in [1.54, 1.807) is 0 Å². The van der Waals surface area contributed by atoms with Crippen molar-refractivity contribution in [2.24, 2.45) is 0 Å². The highest BCUT2D eigenvalue weighted by Gasteiger charge is 2.13. The first kappa shape index (κ1) is 10.3. The van der Waals surface area contributed by atoms with Crippen LogP contribution in [0.4, 0.5) is 4.79 Å². The molecule has 1 N–H and O–H groups in total. The molecule has 0 aromatic heterocycles. The second-order valence-corrected chi connectivity index (χ2v) is 2.78. The summed E-state index contributed by atoms with van der Waals surface area (Å²) in [5.41, 5.74) is 0. The van der Waals surface area contributed by atoms with Crippen molar-refractivity contribution in [3.8, 4) is 0 Å². The van der Waals surface area contributed by atoms with Gasteiger partial charge >= 0.3 is 6.16 Å². The number of carboxylic acid groups (broad SMARTS) is 1. The molecule has 5 heteroatoms. The summed E-state index contributed by atoms with van der Waals surface area (Å²) in [4.78, 5) is 9.94. The van der Waals surface area contributed by atoms with Gasteiger partial charge in [0.15, 0.2) is 6.29 Å². The maximum Gasteiger partial charge on any atom is 0.505 e. The highest BCUT2D eigenvalue weighted by atomic mass is 16.7. The standard InChI is InChI=1S/C8H14O5/c9-8(10)13-6-5-12-7-3-1-2-4-11-7/h7H,1-6H2,(H,9,10). The van der Waals surface area contributed by atoms with E-state index in [-0.39, 0.29) is 19.5 Å². The fourth-order valence-electron chi connectivity index (χ4n) is 1.15. The van der Waals surface area contributed by atoms with Gasteiger partial charge in [0, 0.05) is 6.61 Å². The lowest BCUT2D eigenvalue weighted by Crippen LogP contribution is -2.24. The van der Waals surface area contributed by atoms with Crippen molar-refractivity contribution in [2.45, 2.75) is 25.6 Å². The van der Waals surface area contributed by atoms with Gasteiger partial charge in [-0.15, -0.1) is 0 Å². The van der Waals surface area contributed by atoms with Gasteiger partial charge in [-0.1, -0.05) is 0 Å². The fourth-order valence-corrected chi connectivity index (χ4v) is 1.15. The molecule has 1 atom stereocenters. The molecule has 76 valence electrons. The van der Waals surface area contributed by atoms with E-state index in [0.717, 1.165) is 25.9 Å². The Morgan fingerprint density at radius 2 is 2.31 bits per heavy atom. The van der Waals surface area contributed by atoms with Gasteiger partial charge in [-0.05, 0) is 19.3 Å². The van der Waals surface area contributed by atoms with Crippen LogP contribution in [0.1, 0.15) is 19.3 Å². The van der Waals surface area contributed by atoms with E-state index in [1.165, 1.54) is 0 Å². The lowest BCUT2D eigenvalue weighted by molar-refractivity contribution is -0.167. The van der Waals surface area contributed by atoms with Gasteiger partial charge < -0.3 is 19.3 Å². The van der Waals surface area contributed by atoms with E-state index >= 15 is 0 Å². The first-order valence-electron chi connectivity index (χ1n) is 4.38. The van der Waals surface area contributed by atoms with Crippen LogP contribution in [0.2, 0.25) is 0 Å². The number of carbonyl (C=O) groups is 1. The summed E-state index contributed by atoms with van der Waals surface area (Å²) < 4.78 is 14.8. The SMILES string of the molecule is O=C(O)OCCOC1CCCCO1. The van der Waals surface area contributed by atoms with Crippen LogP contribution >= 0.6 is 0 Å². The summed E-state index contributed by atoms with van der Waals surface area (Å²) in [6.07, 6.45) is 1.61. The molecule has 0 amide bonds. The minimum absolute atomic E-state index is 0.0647. The molecule has 0 bridgehead atoms. The maximum absolute atomic E-state index is 9.94. The third kappa shape index (κ3) is 4.69. The molecular weight excluding hydrogens is 176 g/mol. The summed E-state index contributed by atoms with van der Waals surface area (Å²) in [5, 5.41) is 8.14. The Kier molecular flexibility index (Phi) is 4.56. The van der Waals surface area contributed by atoms with Gasteiger partial charge in [0.05, 0.1) is 6.61 Å². The molecule has 1 aliphatic heterocycles. The molecule has 0 aromatic carbocycles. The topological polar surface area (TPSA) is 65.0 Å². The predicted octanol–water partition coefficient (Wildman–Crippen LogP) is 1.22. The van der Waals surface area contributed by atoms with Crippen LogP contribution in [-0.4, -0.2) is 37.4 Å². The van der Waals surface area contributed by atoms with Gasteiger partial charge in [-0.3, -0.25) is 0 Å². The Bertz CT molecular complexity index is 153. The van der Waals surface area contributed by atoms with E-state index in [4.69, 9.17) is 14.6 Å². The smallest absolute Gasteiger partial charge is 0.450 e. The Hall–Kier alpha value is -0.810. The van der Waals surface area contributed by atoms with Crippen LogP contribution < -0.4 is 0 Å². The van der Waals surface area contributed by atoms with E-state index in [2.05, 4.69) is 4.74 Å². The lowest BCUT2D eigenvalue weighted by Gasteiger charge is -2.22. The molecule has 0 aliphatic carbocycles. The minimum Gasteiger partial charge on any atom is -0.450 e. The molecule has 0 aromatic rings. The zero-order valence-corrected chi connectivity index (χ0v) is 7.40. The van der Waals surface area contributed by atoms with Gasteiger partial charge in [0.2, 0.25) is 0 Å². The Balaban J connectivity index is 1.95. The summed E-state index contributed by atoms with van der Waals surface area (Å²) in [6, 6.07) is 0. The van der Waals surface area contributed by atoms with Crippen molar-refractivity contribution >= 4 is 6.16 Å². The van der Waals surface area contributed by atoms with Crippen LogP contribution in [-0.2, 0) is 14.2 Å². The summed E-state index contributed by atoms with van der Waals surface area (Å²) >= 11 is 0. The molecule has 1 unspecified atom stereocenters. The highest BCUT2D eigenvalue weighted by molar-refractivity contribution is 5.56. The molecule has 1 fully saturated rings. The van der Waals surface area contributed by atoms with Gasteiger partial charge in [-0.25, -0.2) is 4.79 Å². The Labute approximate surface area is 76.6 Å². The lowest BCUT2D eigenvalue weighted by atomic mass is 10.2. The van der Waals surface area contributed by atoms with Crippen molar-refractivity contribution in [1.82, 2.24) is 0 Å². The monoisotopic (exact) mass is 190 g/mol. The van der Waals surface area contributed by atoms with Crippen molar-refractivity contribution in [2.75, 3.05) is 19.8 Å². The molecular formula is C8H14O5. The third-order valence-electron chi connectivity index (χ3n) is 1.75. The molecule has 1 heterocycles. The van der Waals surface area contributed by atoms with Crippen LogP contribution in [0.5, 0.6) is 0 Å². The second-order valence-electron chi connectivity index (χ2n) is 2.78. The van der Waals surface area contributed by atoms with E-state index in [1.807, 2.05) is 0 Å². The normalized spacial score (nSPS) is 22.6. The van der Waals surface area contributed by atoms with Gasteiger partial charge in [0.25, 0.3) is 0 Å². The van der Waals surface area contributed by atoms with Crippen molar-refractivity contribution in [3.63, 3.8) is 0 Å². The molecule has 1 aliphatic rings. The predicted molar refractivity (Wildman–Crippen MR) is 43.5 cm³/mol.